The number of carbonyl (C=O) groups excluding carboxylic acids is 1. The summed E-state index contributed by atoms with van der Waals surface area (Å²) in [7, 11) is 0. The van der Waals surface area contributed by atoms with E-state index in [1.54, 1.807) is 11.1 Å². The lowest BCUT2D eigenvalue weighted by molar-refractivity contribution is -0.126. The van der Waals surface area contributed by atoms with Gasteiger partial charge in [0.25, 0.3) is 0 Å². The molecule has 1 aliphatic rings. The molecule has 1 amide bonds. The standard InChI is InChI=1S/C11H10ClNOS/c12-10-4-2-1-3-9(10)7-13-5-6-15-8-11(13)14/h1-6H,7-8H2. The maximum atomic E-state index is 11.5. The topological polar surface area (TPSA) is 20.3 Å². The molecule has 78 valence electrons. The average Bonchev–Trinajstić information content (AvgIpc) is 2.24. The van der Waals surface area contributed by atoms with Crippen molar-refractivity contribution in [2.75, 3.05) is 5.75 Å². The van der Waals surface area contributed by atoms with E-state index in [1.807, 2.05) is 29.7 Å². The van der Waals surface area contributed by atoms with Crippen LogP contribution in [0.1, 0.15) is 5.56 Å². The van der Waals surface area contributed by atoms with Gasteiger partial charge < -0.3 is 4.90 Å². The minimum atomic E-state index is 0.127. The number of carbonyl (C=O) groups is 1. The van der Waals surface area contributed by atoms with Crippen LogP contribution >= 0.6 is 23.4 Å². The number of benzene rings is 1. The lowest BCUT2D eigenvalue weighted by Crippen LogP contribution is -2.28. The molecule has 1 aromatic carbocycles. The fourth-order valence-electron chi connectivity index (χ4n) is 1.35. The van der Waals surface area contributed by atoms with E-state index in [0.717, 1.165) is 5.56 Å². The van der Waals surface area contributed by atoms with Crippen molar-refractivity contribution in [1.29, 1.82) is 0 Å². The van der Waals surface area contributed by atoms with Gasteiger partial charge in [-0.05, 0) is 17.0 Å². The summed E-state index contributed by atoms with van der Waals surface area (Å²) in [4.78, 5) is 13.2. The largest absolute Gasteiger partial charge is 0.313 e. The van der Waals surface area contributed by atoms with Crippen molar-refractivity contribution < 1.29 is 4.79 Å². The second kappa shape index (κ2) is 4.73. The van der Waals surface area contributed by atoms with Crippen molar-refractivity contribution >= 4 is 29.3 Å². The van der Waals surface area contributed by atoms with Crippen molar-refractivity contribution in [2.24, 2.45) is 0 Å². The predicted octanol–water partition coefficient (Wildman–Crippen LogP) is 2.89. The Balaban J connectivity index is 2.15. The second-order valence-electron chi connectivity index (χ2n) is 3.21. The number of hydrogen-bond donors (Lipinski definition) is 0. The molecular weight excluding hydrogens is 230 g/mol. The van der Waals surface area contributed by atoms with Crippen molar-refractivity contribution in [1.82, 2.24) is 4.90 Å². The summed E-state index contributed by atoms with van der Waals surface area (Å²) in [6.07, 6.45) is 1.81. The minimum absolute atomic E-state index is 0.127. The summed E-state index contributed by atoms with van der Waals surface area (Å²) < 4.78 is 0. The first-order valence-corrected chi connectivity index (χ1v) is 6.01. The van der Waals surface area contributed by atoms with Gasteiger partial charge in [0, 0.05) is 11.2 Å². The smallest absolute Gasteiger partial charge is 0.237 e. The van der Waals surface area contributed by atoms with E-state index >= 15 is 0 Å². The molecule has 0 N–H and O–H groups in total. The third-order valence-electron chi connectivity index (χ3n) is 2.16. The van der Waals surface area contributed by atoms with Crippen LogP contribution in [-0.2, 0) is 11.3 Å². The third-order valence-corrected chi connectivity index (χ3v) is 3.26. The number of rotatable bonds is 2. The van der Waals surface area contributed by atoms with Gasteiger partial charge in [0.05, 0.1) is 12.3 Å². The minimum Gasteiger partial charge on any atom is -0.313 e. The molecule has 1 aromatic rings. The van der Waals surface area contributed by atoms with Crippen LogP contribution in [0, 0.1) is 0 Å². The SMILES string of the molecule is O=C1CSC=CN1Cc1ccccc1Cl. The summed E-state index contributed by atoms with van der Waals surface area (Å²) in [5.41, 5.74) is 0.976. The number of nitrogens with zero attached hydrogens (tertiary/aromatic N) is 1. The second-order valence-corrected chi connectivity index (χ2v) is 4.51. The molecule has 0 spiro atoms. The van der Waals surface area contributed by atoms with Gasteiger partial charge in [0.15, 0.2) is 0 Å². The Morgan fingerprint density at radius 1 is 1.40 bits per heavy atom. The quantitative estimate of drug-likeness (QED) is 0.791. The molecule has 0 saturated carbocycles. The van der Waals surface area contributed by atoms with Crippen LogP contribution in [0.25, 0.3) is 0 Å². The van der Waals surface area contributed by atoms with Crippen molar-refractivity contribution in [3.63, 3.8) is 0 Å². The van der Waals surface area contributed by atoms with Gasteiger partial charge in [-0.3, -0.25) is 4.79 Å². The van der Waals surface area contributed by atoms with E-state index in [2.05, 4.69) is 0 Å². The molecule has 0 bridgehead atoms. The molecule has 0 aromatic heterocycles. The van der Waals surface area contributed by atoms with Gasteiger partial charge in [-0.1, -0.05) is 29.8 Å². The predicted molar refractivity (Wildman–Crippen MR) is 63.6 cm³/mol. The number of thioether (sulfide) groups is 1. The highest BCUT2D eigenvalue weighted by Gasteiger charge is 2.15. The Labute approximate surface area is 97.9 Å². The van der Waals surface area contributed by atoms with E-state index in [-0.39, 0.29) is 5.91 Å². The summed E-state index contributed by atoms with van der Waals surface area (Å²) >= 11 is 7.54. The summed E-state index contributed by atoms with van der Waals surface area (Å²) in [6, 6.07) is 7.58. The zero-order valence-electron chi connectivity index (χ0n) is 8.02. The molecule has 0 aliphatic carbocycles. The molecule has 0 fully saturated rings. The maximum Gasteiger partial charge on any atom is 0.237 e. The van der Waals surface area contributed by atoms with Gasteiger partial charge in [-0.2, -0.15) is 0 Å². The van der Waals surface area contributed by atoms with Gasteiger partial charge in [-0.15, -0.1) is 11.8 Å². The number of hydrogen-bond acceptors (Lipinski definition) is 2. The molecule has 0 unspecified atom stereocenters. The van der Waals surface area contributed by atoms with Crippen molar-refractivity contribution in [2.45, 2.75) is 6.54 Å². The average molecular weight is 240 g/mol. The summed E-state index contributed by atoms with van der Waals surface area (Å²) in [5, 5.41) is 2.63. The van der Waals surface area contributed by atoms with Gasteiger partial charge >= 0.3 is 0 Å². The monoisotopic (exact) mass is 239 g/mol. The Bertz CT molecular complexity index is 405. The van der Waals surface area contributed by atoms with Crippen LogP contribution in [-0.4, -0.2) is 16.6 Å². The molecule has 4 heteroatoms. The highest BCUT2D eigenvalue weighted by molar-refractivity contribution is 8.02. The molecular formula is C11H10ClNOS. The number of halogens is 1. The molecule has 2 nitrogen and oxygen atoms in total. The van der Waals surface area contributed by atoms with Crippen LogP contribution in [0.15, 0.2) is 35.9 Å². The molecule has 0 radical (unpaired) electrons. The van der Waals surface area contributed by atoms with Gasteiger partial charge in [0.2, 0.25) is 5.91 Å². The van der Waals surface area contributed by atoms with Crippen molar-refractivity contribution in [3.8, 4) is 0 Å². The van der Waals surface area contributed by atoms with Crippen LogP contribution in [0.3, 0.4) is 0 Å². The van der Waals surface area contributed by atoms with Crippen LogP contribution in [0.5, 0.6) is 0 Å². The zero-order chi connectivity index (χ0) is 10.7. The fourth-order valence-corrected chi connectivity index (χ4v) is 2.19. The van der Waals surface area contributed by atoms with E-state index in [0.29, 0.717) is 17.3 Å². The normalized spacial score (nSPS) is 15.8. The van der Waals surface area contributed by atoms with E-state index in [9.17, 15) is 4.79 Å². The molecule has 1 aliphatic heterocycles. The zero-order valence-corrected chi connectivity index (χ0v) is 9.59. The van der Waals surface area contributed by atoms with E-state index < -0.39 is 0 Å². The Hall–Kier alpha value is -0.930. The highest BCUT2D eigenvalue weighted by atomic mass is 35.5. The van der Waals surface area contributed by atoms with Gasteiger partial charge in [0.1, 0.15) is 0 Å². The fraction of sp³-hybridized carbons (Fsp3) is 0.182. The first-order chi connectivity index (χ1) is 7.27. The summed E-state index contributed by atoms with van der Waals surface area (Å²) in [6.45, 7) is 0.551. The van der Waals surface area contributed by atoms with E-state index in [1.165, 1.54) is 11.8 Å². The Kier molecular flexibility index (Phi) is 3.34. The first-order valence-electron chi connectivity index (χ1n) is 4.58. The Morgan fingerprint density at radius 3 is 2.93 bits per heavy atom. The van der Waals surface area contributed by atoms with Crippen LogP contribution < -0.4 is 0 Å². The van der Waals surface area contributed by atoms with Crippen molar-refractivity contribution in [3.05, 3.63) is 46.5 Å². The molecule has 15 heavy (non-hydrogen) atoms. The summed E-state index contributed by atoms with van der Waals surface area (Å²) in [5.74, 6) is 0.642. The van der Waals surface area contributed by atoms with Crippen LogP contribution in [0.4, 0.5) is 0 Å². The van der Waals surface area contributed by atoms with E-state index in [4.69, 9.17) is 11.6 Å². The lowest BCUT2D eigenvalue weighted by Gasteiger charge is -2.21. The van der Waals surface area contributed by atoms with Crippen LogP contribution in [0.2, 0.25) is 5.02 Å². The molecule has 2 rings (SSSR count). The van der Waals surface area contributed by atoms with Gasteiger partial charge in [-0.25, -0.2) is 0 Å². The molecule has 0 saturated heterocycles. The molecule has 0 atom stereocenters. The Morgan fingerprint density at radius 2 is 2.20 bits per heavy atom. The maximum absolute atomic E-state index is 11.5. The third kappa shape index (κ3) is 2.55. The first kappa shape index (κ1) is 10.6. The lowest BCUT2D eigenvalue weighted by atomic mass is 10.2. The number of amides is 1. The molecule has 1 heterocycles. The highest BCUT2D eigenvalue weighted by Crippen LogP contribution is 2.20.